The summed E-state index contributed by atoms with van der Waals surface area (Å²) in [5, 5.41) is 0.788. The van der Waals surface area contributed by atoms with Crippen molar-refractivity contribution in [1.29, 1.82) is 0 Å². The zero-order valence-electron chi connectivity index (χ0n) is 11.7. The summed E-state index contributed by atoms with van der Waals surface area (Å²) < 4.78 is 11.4. The van der Waals surface area contributed by atoms with Gasteiger partial charge in [-0.15, -0.1) is 0 Å². The summed E-state index contributed by atoms with van der Waals surface area (Å²) in [6.45, 7) is 1.67. The third-order valence-electron chi connectivity index (χ3n) is 4.19. The molecule has 2 N–H and O–H groups in total. The fraction of sp³-hybridized carbons (Fsp3) is 0.625. The van der Waals surface area contributed by atoms with Crippen molar-refractivity contribution in [2.75, 3.05) is 13.2 Å². The highest BCUT2D eigenvalue weighted by Gasteiger charge is 2.20. The lowest BCUT2D eigenvalue weighted by molar-refractivity contribution is 0.101. The van der Waals surface area contributed by atoms with E-state index in [0.29, 0.717) is 6.10 Å². The van der Waals surface area contributed by atoms with Crippen LogP contribution >= 0.6 is 11.6 Å². The average Bonchev–Trinajstić information content (AvgIpc) is 3.06. The number of hydrogen-bond donors (Lipinski definition) is 1. The molecule has 1 fully saturated rings. The molecule has 0 saturated carbocycles. The SMILES string of the molecule is NC(CCC1CCCO1)Cc1cc(Cl)cc2c1OCC2. The third-order valence-corrected chi connectivity index (χ3v) is 4.41. The van der Waals surface area contributed by atoms with Gasteiger partial charge in [0.1, 0.15) is 5.75 Å². The molecule has 4 heteroatoms. The first-order valence-corrected chi connectivity index (χ1v) is 7.91. The van der Waals surface area contributed by atoms with E-state index >= 15 is 0 Å². The first-order valence-electron chi connectivity index (χ1n) is 7.53. The van der Waals surface area contributed by atoms with Gasteiger partial charge in [0.15, 0.2) is 0 Å². The highest BCUT2D eigenvalue weighted by Crippen LogP contribution is 2.33. The van der Waals surface area contributed by atoms with Gasteiger partial charge in [0.25, 0.3) is 0 Å². The molecular weight excluding hydrogens is 274 g/mol. The third kappa shape index (κ3) is 3.27. The van der Waals surface area contributed by atoms with Crippen LogP contribution in [0.1, 0.15) is 36.8 Å². The fourth-order valence-corrected chi connectivity index (χ4v) is 3.42. The molecule has 1 aromatic rings. The lowest BCUT2D eigenvalue weighted by atomic mass is 9.98. The quantitative estimate of drug-likeness (QED) is 0.908. The van der Waals surface area contributed by atoms with Crippen LogP contribution in [0.5, 0.6) is 5.75 Å². The van der Waals surface area contributed by atoms with E-state index < -0.39 is 0 Å². The van der Waals surface area contributed by atoms with E-state index in [4.69, 9.17) is 26.8 Å². The summed E-state index contributed by atoms with van der Waals surface area (Å²) >= 11 is 6.18. The van der Waals surface area contributed by atoms with Crippen LogP contribution in [-0.4, -0.2) is 25.4 Å². The Hall–Kier alpha value is -0.770. The zero-order valence-corrected chi connectivity index (χ0v) is 12.5. The van der Waals surface area contributed by atoms with Crippen LogP contribution in [0, 0.1) is 0 Å². The number of hydrogen-bond acceptors (Lipinski definition) is 3. The number of nitrogens with two attached hydrogens (primary N) is 1. The van der Waals surface area contributed by atoms with Crippen molar-refractivity contribution in [1.82, 2.24) is 0 Å². The Bertz CT molecular complexity index is 472. The molecule has 0 aliphatic carbocycles. The molecule has 1 aromatic carbocycles. The summed E-state index contributed by atoms with van der Waals surface area (Å²) in [7, 11) is 0. The van der Waals surface area contributed by atoms with Gasteiger partial charge in [0.2, 0.25) is 0 Å². The highest BCUT2D eigenvalue weighted by molar-refractivity contribution is 6.30. The molecule has 0 radical (unpaired) electrons. The topological polar surface area (TPSA) is 44.5 Å². The second-order valence-electron chi connectivity index (χ2n) is 5.83. The van der Waals surface area contributed by atoms with E-state index in [1.807, 2.05) is 12.1 Å². The van der Waals surface area contributed by atoms with Gasteiger partial charge < -0.3 is 15.2 Å². The Balaban J connectivity index is 1.59. The van der Waals surface area contributed by atoms with Crippen LogP contribution in [0.3, 0.4) is 0 Å². The predicted molar refractivity (Wildman–Crippen MR) is 80.5 cm³/mol. The van der Waals surface area contributed by atoms with Gasteiger partial charge in [-0.25, -0.2) is 0 Å². The van der Waals surface area contributed by atoms with Crippen LogP contribution in [0.15, 0.2) is 12.1 Å². The summed E-state index contributed by atoms with van der Waals surface area (Å²) in [5.41, 5.74) is 8.65. The monoisotopic (exact) mass is 295 g/mol. The second-order valence-corrected chi connectivity index (χ2v) is 6.26. The summed E-state index contributed by atoms with van der Waals surface area (Å²) in [5.74, 6) is 1.02. The molecule has 2 unspecified atom stereocenters. The number of rotatable bonds is 5. The molecule has 0 bridgehead atoms. The van der Waals surface area contributed by atoms with Crippen molar-refractivity contribution in [3.8, 4) is 5.75 Å². The van der Waals surface area contributed by atoms with Crippen molar-refractivity contribution in [2.45, 2.75) is 50.7 Å². The molecule has 110 valence electrons. The van der Waals surface area contributed by atoms with Gasteiger partial charge in [0, 0.05) is 24.1 Å². The summed E-state index contributed by atoms with van der Waals surface area (Å²) in [6, 6.07) is 4.15. The minimum Gasteiger partial charge on any atom is -0.493 e. The van der Waals surface area contributed by atoms with Gasteiger partial charge in [-0.05, 0) is 55.4 Å². The normalized spacial score (nSPS) is 22.6. The number of benzene rings is 1. The summed E-state index contributed by atoms with van der Waals surface area (Å²) in [6.07, 6.45) is 6.63. The molecular formula is C16H22ClNO2. The van der Waals surface area contributed by atoms with Gasteiger partial charge in [-0.1, -0.05) is 11.6 Å². The van der Waals surface area contributed by atoms with E-state index in [0.717, 1.165) is 55.2 Å². The van der Waals surface area contributed by atoms with Crippen molar-refractivity contribution >= 4 is 11.6 Å². The Kier molecular flexibility index (Phi) is 4.49. The number of halogens is 1. The first-order chi connectivity index (χ1) is 9.72. The van der Waals surface area contributed by atoms with Crippen LogP contribution < -0.4 is 10.5 Å². The second kappa shape index (κ2) is 6.33. The molecule has 2 atom stereocenters. The minimum atomic E-state index is 0.144. The van der Waals surface area contributed by atoms with Gasteiger partial charge in [-0.3, -0.25) is 0 Å². The molecule has 20 heavy (non-hydrogen) atoms. The Morgan fingerprint density at radius 1 is 1.35 bits per heavy atom. The summed E-state index contributed by atoms with van der Waals surface area (Å²) in [4.78, 5) is 0. The molecule has 2 aliphatic heterocycles. The van der Waals surface area contributed by atoms with Crippen LogP contribution in [0.25, 0.3) is 0 Å². The average molecular weight is 296 g/mol. The Morgan fingerprint density at radius 2 is 2.25 bits per heavy atom. The van der Waals surface area contributed by atoms with Crippen molar-refractivity contribution in [3.63, 3.8) is 0 Å². The molecule has 0 amide bonds. The molecule has 1 saturated heterocycles. The lowest BCUT2D eigenvalue weighted by Crippen LogP contribution is -2.24. The molecule has 0 aromatic heterocycles. The van der Waals surface area contributed by atoms with Gasteiger partial charge >= 0.3 is 0 Å². The maximum atomic E-state index is 6.27. The van der Waals surface area contributed by atoms with Gasteiger partial charge in [-0.2, -0.15) is 0 Å². The lowest BCUT2D eigenvalue weighted by Gasteiger charge is -2.16. The zero-order chi connectivity index (χ0) is 13.9. The highest BCUT2D eigenvalue weighted by atomic mass is 35.5. The predicted octanol–water partition coefficient (Wildman–Crippen LogP) is 3.10. The number of ether oxygens (including phenoxy) is 2. The van der Waals surface area contributed by atoms with E-state index in [1.165, 1.54) is 18.4 Å². The van der Waals surface area contributed by atoms with Crippen LogP contribution in [0.2, 0.25) is 5.02 Å². The first kappa shape index (κ1) is 14.2. The Labute approximate surface area is 125 Å². The van der Waals surface area contributed by atoms with Crippen molar-refractivity contribution in [2.24, 2.45) is 5.73 Å². The number of fused-ring (bicyclic) bond motifs is 1. The molecule has 2 aliphatic rings. The molecule has 2 heterocycles. The molecule has 3 nitrogen and oxygen atoms in total. The fourth-order valence-electron chi connectivity index (χ4n) is 3.15. The standard InChI is InChI=1S/C16H22ClNO2/c17-13-8-11-5-7-20-16(11)12(9-13)10-14(18)3-4-15-2-1-6-19-15/h8-9,14-15H,1-7,10,18H2. The van der Waals surface area contributed by atoms with E-state index in [9.17, 15) is 0 Å². The largest absolute Gasteiger partial charge is 0.493 e. The van der Waals surface area contributed by atoms with E-state index in [2.05, 4.69) is 0 Å². The maximum absolute atomic E-state index is 6.27. The van der Waals surface area contributed by atoms with E-state index in [-0.39, 0.29) is 6.04 Å². The van der Waals surface area contributed by atoms with Crippen LogP contribution in [0.4, 0.5) is 0 Å². The van der Waals surface area contributed by atoms with Crippen molar-refractivity contribution < 1.29 is 9.47 Å². The van der Waals surface area contributed by atoms with Gasteiger partial charge in [0.05, 0.1) is 12.7 Å². The minimum absolute atomic E-state index is 0.144. The molecule has 3 rings (SSSR count). The van der Waals surface area contributed by atoms with E-state index in [1.54, 1.807) is 0 Å². The Morgan fingerprint density at radius 3 is 3.05 bits per heavy atom. The molecule has 0 spiro atoms. The van der Waals surface area contributed by atoms with Crippen LogP contribution in [-0.2, 0) is 17.6 Å². The maximum Gasteiger partial charge on any atom is 0.125 e. The smallest absolute Gasteiger partial charge is 0.125 e. The van der Waals surface area contributed by atoms with Crippen molar-refractivity contribution in [3.05, 3.63) is 28.3 Å².